The van der Waals surface area contributed by atoms with Gasteiger partial charge in [-0.05, 0) is 17.2 Å². The Labute approximate surface area is 178 Å². The Kier molecular flexibility index (Phi) is 4.88. The van der Waals surface area contributed by atoms with Gasteiger partial charge in [-0.1, -0.05) is 66.7 Å². The second kappa shape index (κ2) is 7.99. The van der Waals surface area contributed by atoms with Gasteiger partial charge in [0.05, 0.1) is 11.4 Å². The van der Waals surface area contributed by atoms with Crippen LogP contribution in [0.2, 0.25) is 0 Å². The number of aromatic amines is 1. The molecule has 5 nitrogen and oxygen atoms in total. The third kappa shape index (κ3) is 3.75. The molecule has 3 heterocycles. The summed E-state index contributed by atoms with van der Waals surface area (Å²) in [6.07, 6.45) is 3.82. The molecule has 0 radical (unpaired) electrons. The zero-order valence-electron chi connectivity index (χ0n) is 16.6. The number of nitrogens with one attached hydrogen (secondary N) is 1. The van der Waals surface area contributed by atoms with Crippen molar-refractivity contribution in [3.8, 4) is 17.1 Å². The van der Waals surface area contributed by atoms with E-state index >= 15 is 0 Å². The molecule has 0 aliphatic carbocycles. The number of H-pyrrole nitrogens is 1. The highest BCUT2D eigenvalue weighted by molar-refractivity contribution is 5.60. The van der Waals surface area contributed by atoms with E-state index in [0.29, 0.717) is 23.5 Å². The minimum absolute atomic E-state index is 0.0889. The lowest BCUT2D eigenvalue weighted by Gasteiger charge is -2.13. The maximum atomic E-state index is 14.1. The van der Waals surface area contributed by atoms with E-state index in [4.69, 9.17) is 0 Å². The lowest BCUT2D eigenvalue weighted by molar-refractivity contribution is 0.569. The van der Waals surface area contributed by atoms with E-state index < -0.39 is 5.95 Å². The third-order valence-corrected chi connectivity index (χ3v) is 5.25. The van der Waals surface area contributed by atoms with Crippen LogP contribution in [0.5, 0.6) is 0 Å². The molecule has 2 aromatic carbocycles. The van der Waals surface area contributed by atoms with Gasteiger partial charge in [-0.25, -0.2) is 9.97 Å². The Bertz CT molecular complexity index is 1360. The number of fused-ring (bicyclic) bond motifs is 1. The van der Waals surface area contributed by atoms with Gasteiger partial charge in [-0.3, -0.25) is 9.36 Å². The van der Waals surface area contributed by atoms with E-state index in [9.17, 15) is 9.18 Å². The molecule has 5 rings (SSSR count). The van der Waals surface area contributed by atoms with Crippen LogP contribution in [-0.2, 0) is 12.8 Å². The summed E-state index contributed by atoms with van der Waals surface area (Å²) in [7, 11) is 0. The Morgan fingerprint density at radius 2 is 1.65 bits per heavy atom. The predicted molar refractivity (Wildman–Crippen MR) is 117 cm³/mol. The Hall–Kier alpha value is -4.06. The van der Waals surface area contributed by atoms with Crippen LogP contribution in [0.25, 0.3) is 17.1 Å². The Balaban J connectivity index is 1.66. The highest BCUT2D eigenvalue weighted by atomic mass is 19.1. The largest absolute Gasteiger partial charge is 0.354 e. The SMILES string of the molecule is O=c1c(Cc2cccnc2F)nc2c(Cc3ccccc3)[nH]c(-c3ccccc3)cn1-2. The van der Waals surface area contributed by atoms with Crippen molar-refractivity contribution in [2.24, 2.45) is 0 Å². The van der Waals surface area contributed by atoms with Gasteiger partial charge >= 0.3 is 0 Å². The van der Waals surface area contributed by atoms with Crippen LogP contribution in [0, 0.1) is 5.95 Å². The lowest BCUT2D eigenvalue weighted by atomic mass is 10.1. The number of imidazole rings is 1. The number of hydrogen-bond acceptors (Lipinski definition) is 3. The van der Waals surface area contributed by atoms with Crippen LogP contribution in [0.3, 0.4) is 0 Å². The molecule has 0 fully saturated rings. The van der Waals surface area contributed by atoms with E-state index in [-0.39, 0.29) is 12.0 Å². The van der Waals surface area contributed by atoms with Crippen LogP contribution in [-0.4, -0.2) is 19.5 Å². The van der Waals surface area contributed by atoms with Gasteiger partial charge in [0, 0.05) is 30.8 Å². The lowest BCUT2D eigenvalue weighted by Crippen LogP contribution is -2.18. The molecule has 31 heavy (non-hydrogen) atoms. The summed E-state index contributed by atoms with van der Waals surface area (Å²) in [5, 5.41) is 0. The highest BCUT2D eigenvalue weighted by Gasteiger charge is 2.21. The Morgan fingerprint density at radius 1 is 0.903 bits per heavy atom. The van der Waals surface area contributed by atoms with Gasteiger partial charge in [0.2, 0.25) is 5.95 Å². The average Bonchev–Trinajstić information content (AvgIpc) is 3.12. The summed E-state index contributed by atoms with van der Waals surface area (Å²) in [4.78, 5) is 24.9. The fourth-order valence-electron chi connectivity index (χ4n) is 3.71. The van der Waals surface area contributed by atoms with Crippen molar-refractivity contribution >= 4 is 0 Å². The first kappa shape index (κ1) is 18.9. The summed E-state index contributed by atoms with van der Waals surface area (Å²) in [6.45, 7) is 0. The topological polar surface area (TPSA) is 63.6 Å². The van der Waals surface area contributed by atoms with Crippen LogP contribution >= 0.6 is 0 Å². The number of rotatable bonds is 5. The van der Waals surface area contributed by atoms with E-state index in [1.807, 2.05) is 60.7 Å². The van der Waals surface area contributed by atoms with Crippen molar-refractivity contribution in [1.29, 1.82) is 0 Å². The Morgan fingerprint density at radius 3 is 2.39 bits per heavy atom. The highest BCUT2D eigenvalue weighted by Crippen LogP contribution is 2.23. The van der Waals surface area contributed by atoms with Crippen LogP contribution in [0.15, 0.2) is 90.0 Å². The molecule has 0 bridgehead atoms. The molecule has 0 saturated carbocycles. The molecule has 0 saturated heterocycles. The molecule has 3 aromatic rings. The van der Waals surface area contributed by atoms with Gasteiger partial charge in [-0.2, -0.15) is 4.39 Å². The first-order valence-corrected chi connectivity index (χ1v) is 10.0. The van der Waals surface area contributed by atoms with E-state index in [1.54, 1.807) is 22.9 Å². The second-order valence-corrected chi connectivity index (χ2v) is 7.36. The first-order valence-electron chi connectivity index (χ1n) is 10.0. The molecule has 6 heteroatoms. The van der Waals surface area contributed by atoms with Crippen molar-refractivity contribution in [2.75, 3.05) is 0 Å². The molecule has 1 aromatic heterocycles. The van der Waals surface area contributed by atoms with Crippen LogP contribution in [0.1, 0.15) is 22.5 Å². The second-order valence-electron chi connectivity index (χ2n) is 7.36. The molecule has 0 atom stereocenters. The molecule has 0 amide bonds. The van der Waals surface area contributed by atoms with Gasteiger partial charge in [0.15, 0.2) is 5.82 Å². The molecule has 152 valence electrons. The summed E-state index contributed by atoms with van der Waals surface area (Å²) in [5.74, 6) is -0.0344. The molecular formula is C25H19FN4O. The third-order valence-electron chi connectivity index (χ3n) is 5.25. The first-order chi connectivity index (χ1) is 15.2. The summed E-state index contributed by atoms with van der Waals surface area (Å²) < 4.78 is 15.6. The van der Waals surface area contributed by atoms with Gasteiger partial charge in [0.25, 0.3) is 5.56 Å². The molecule has 2 aliphatic heterocycles. The van der Waals surface area contributed by atoms with Crippen LogP contribution < -0.4 is 5.56 Å². The molecule has 1 N–H and O–H groups in total. The minimum Gasteiger partial charge on any atom is -0.354 e. The maximum absolute atomic E-state index is 14.1. The van der Waals surface area contributed by atoms with Gasteiger partial charge in [0.1, 0.15) is 5.69 Å². The van der Waals surface area contributed by atoms with Crippen molar-refractivity contribution in [2.45, 2.75) is 12.8 Å². The maximum Gasteiger partial charge on any atom is 0.278 e. The normalized spacial score (nSPS) is 11.1. The number of hydrogen-bond donors (Lipinski definition) is 1. The van der Waals surface area contributed by atoms with E-state index in [1.165, 1.54) is 6.20 Å². The number of aromatic nitrogens is 4. The monoisotopic (exact) mass is 410 g/mol. The fraction of sp³-hybridized carbons (Fsp3) is 0.0800. The molecule has 0 unspecified atom stereocenters. The summed E-state index contributed by atoms with van der Waals surface area (Å²) >= 11 is 0. The van der Waals surface area contributed by atoms with Crippen molar-refractivity contribution in [3.05, 3.63) is 124 Å². The van der Waals surface area contributed by atoms with E-state index in [0.717, 1.165) is 22.5 Å². The minimum atomic E-state index is -0.583. The van der Waals surface area contributed by atoms with Crippen molar-refractivity contribution < 1.29 is 4.39 Å². The fourth-order valence-corrected chi connectivity index (χ4v) is 3.71. The standard InChI is InChI=1S/C25H19FN4O/c26-23-19(12-7-13-27-23)15-21-25(31)30-16-22(18-10-5-2-6-11-18)28-20(24(30)29-21)14-17-8-3-1-4-9-17/h1-13,16,28H,14-15H2. The molecule has 2 aliphatic rings. The quantitative estimate of drug-likeness (QED) is 0.437. The smallest absolute Gasteiger partial charge is 0.278 e. The van der Waals surface area contributed by atoms with Crippen molar-refractivity contribution in [3.63, 3.8) is 0 Å². The molecular weight excluding hydrogens is 391 g/mol. The van der Waals surface area contributed by atoms with Crippen molar-refractivity contribution in [1.82, 2.24) is 19.5 Å². The number of pyridine rings is 1. The van der Waals surface area contributed by atoms with Gasteiger partial charge in [-0.15, -0.1) is 0 Å². The zero-order valence-corrected chi connectivity index (χ0v) is 16.6. The number of nitrogens with zero attached hydrogens (tertiary/aromatic N) is 3. The number of halogens is 1. The van der Waals surface area contributed by atoms with E-state index in [2.05, 4.69) is 15.0 Å². The summed E-state index contributed by atoms with van der Waals surface area (Å²) in [6, 6.07) is 23.1. The van der Waals surface area contributed by atoms with Gasteiger partial charge < -0.3 is 4.98 Å². The molecule has 0 spiro atoms. The average molecular weight is 410 g/mol. The van der Waals surface area contributed by atoms with Crippen LogP contribution in [0.4, 0.5) is 4.39 Å². The zero-order chi connectivity index (χ0) is 21.2. The summed E-state index contributed by atoms with van der Waals surface area (Å²) in [5.41, 5.74) is 4.08. The number of benzene rings is 2. The predicted octanol–water partition coefficient (Wildman–Crippen LogP) is 4.38.